The first-order valence-electron chi connectivity index (χ1n) is 13.0. The van der Waals surface area contributed by atoms with Crippen LogP contribution in [0.25, 0.3) is 5.65 Å². The van der Waals surface area contributed by atoms with Crippen LogP contribution in [0.1, 0.15) is 78.1 Å². The lowest BCUT2D eigenvalue weighted by Crippen LogP contribution is -2.19. The van der Waals surface area contributed by atoms with Crippen LogP contribution < -0.4 is 4.74 Å². The van der Waals surface area contributed by atoms with Gasteiger partial charge in [-0.15, -0.1) is 5.10 Å². The van der Waals surface area contributed by atoms with Crippen LogP contribution in [0.3, 0.4) is 0 Å². The van der Waals surface area contributed by atoms with E-state index in [1.807, 2.05) is 19.1 Å². The second kappa shape index (κ2) is 15.2. The molecule has 206 valence electrons. The van der Waals surface area contributed by atoms with Gasteiger partial charge in [-0.05, 0) is 59.9 Å². The highest BCUT2D eigenvalue weighted by atomic mass is 31.2. The molecule has 0 amide bonds. The Kier molecular flexibility index (Phi) is 13.1. The second-order valence-electron chi connectivity index (χ2n) is 8.32. The SMILES string of the molecule is CCCCCCOc1cc2nc(C)cc(CCC(P(=O)(OCC)OCC)P(=O)(OCC)OCC)n2n1. The fourth-order valence-corrected chi connectivity index (χ4v) is 9.37. The van der Waals surface area contributed by atoms with E-state index >= 15 is 0 Å². The summed E-state index contributed by atoms with van der Waals surface area (Å²) in [6.07, 6.45) is 4.99. The minimum absolute atomic E-state index is 0.142. The van der Waals surface area contributed by atoms with Gasteiger partial charge in [-0.2, -0.15) is 0 Å². The minimum atomic E-state index is -3.82. The van der Waals surface area contributed by atoms with Gasteiger partial charge in [-0.25, -0.2) is 9.50 Å². The Morgan fingerprint density at radius 1 is 0.861 bits per heavy atom. The van der Waals surface area contributed by atoms with Gasteiger partial charge in [-0.1, -0.05) is 26.2 Å². The third-order valence-corrected chi connectivity index (χ3v) is 11.6. The van der Waals surface area contributed by atoms with E-state index in [2.05, 4.69) is 17.0 Å². The molecule has 0 radical (unpaired) electrons. The molecular weight excluding hydrogens is 504 g/mol. The quantitative estimate of drug-likeness (QED) is 0.139. The molecule has 0 unspecified atom stereocenters. The molecule has 0 fully saturated rings. The summed E-state index contributed by atoms with van der Waals surface area (Å²) in [6.45, 7) is 12.1. The van der Waals surface area contributed by atoms with Gasteiger partial charge >= 0.3 is 15.2 Å². The number of nitrogens with zero attached hydrogens (tertiary/aromatic N) is 3. The Labute approximate surface area is 215 Å². The molecule has 2 aromatic rings. The summed E-state index contributed by atoms with van der Waals surface area (Å²) in [6, 6.07) is 3.71. The predicted molar refractivity (Wildman–Crippen MR) is 141 cm³/mol. The maximum atomic E-state index is 13.8. The van der Waals surface area contributed by atoms with Gasteiger partial charge in [0.15, 0.2) is 11.0 Å². The number of hydrogen-bond donors (Lipinski definition) is 0. The van der Waals surface area contributed by atoms with E-state index in [0.717, 1.165) is 24.2 Å². The highest BCUT2D eigenvalue weighted by Crippen LogP contribution is 2.71. The van der Waals surface area contributed by atoms with Gasteiger partial charge in [-0.3, -0.25) is 9.13 Å². The molecule has 2 rings (SSSR count). The second-order valence-corrected chi connectivity index (χ2v) is 13.2. The Morgan fingerprint density at radius 3 is 1.97 bits per heavy atom. The number of rotatable bonds is 19. The fourth-order valence-electron chi connectivity index (χ4n) is 4.02. The van der Waals surface area contributed by atoms with Crippen LogP contribution >= 0.6 is 15.2 Å². The van der Waals surface area contributed by atoms with Crippen LogP contribution in [-0.2, 0) is 33.6 Å². The number of aromatic nitrogens is 3. The smallest absolute Gasteiger partial charge is 0.345 e. The van der Waals surface area contributed by atoms with E-state index < -0.39 is 20.6 Å². The van der Waals surface area contributed by atoms with Crippen molar-refractivity contribution in [3.05, 3.63) is 23.5 Å². The molecule has 0 atom stereocenters. The molecule has 2 aromatic heterocycles. The first-order chi connectivity index (χ1) is 17.3. The molecule has 36 heavy (non-hydrogen) atoms. The van der Waals surface area contributed by atoms with E-state index in [-0.39, 0.29) is 32.8 Å². The molecule has 0 aliphatic carbocycles. The van der Waals surface area contributed by atoms with Crippen molar-refractivity contribution in [3.8, 4) is 5.88 Å². The third kappa shape index (κ3) is 8.37. The molecule has 0 saturated carbocycles. The topological polar surface area (TPSA) is 110 Å². The lowest BCUT2D eigenvalue weighted by molar-refractivity contribution is 0.193. The highest BCUT2D eigenvalue weighted by molar-refractivity contribution is 7.72. The first-order valence-corrected chi connectivity index (χ1v) is 16.3. The van der Waals surface area contributed by atoms with E-state index in [1.165, 1.54) is 12.8 Å². The Hall–Kier alpha value is -1.28. The molecule has 10 nitrogen and oxygen atoms in total. The molecular formula is C24H43N3O7P2. The number of fused-ring (bicyclic) bond motifs is 1. The van der Waals surface area contributed by atoms with Crippen molar-refractivity contribution in [2.24, 2.45) is 0 Å². The summed E-state index contributed by atoms with van der Waals surface area (Å²) in [5.74, 6) is 0.506. The van der Waals surface area contributed by atoms with Crippen LogP contribution in [0.15, 0.2) is 12.1 Å². The monoisotopic (exact) mass is 547 g/mol. The van der Waals surface area contributed by atoms with Crippen molar-refractivity contribution >= 4 is 20.8 Å². The van der Waals surface area contributed by atoms with Crippen LogP contribution in [-0.4, -0.2) is 53.0 Å². The maximum absolute atomic E-state index is 13.8. The van der Waals surface area contributed by atoms with E-state index in [9.17, 15) is 9.13 Å². The molecule has 0 aliphatic heterocycles. The summed E-state index contributed by atoms with van der Waals surface area (Å²) in [5, 5.41) is 3.50. The molecule has 0 aromatic carbocycles. The molecule has 2 heterocycles. The number of aryl methyl sites for hydroxylation is 2. The van der Waals surface area contributed by atoms with Gasteiger partial charge in [0.2, 0.25) is 5.88 Å². The van der Waals surface area contributed by atoms with Gasteiger partial charge in [0.25, 0.3) is 0 Å². The van der Waals surface area contributed by atoms with Crippen LogP contribution in [0.2, 0.25) is 0 Å². The minimum Gasteiger partial charge on any atom is -0.477 e. The summed E-state index contributed by atoms with van der Waals surface area (Å²) < 4.78 is 57.6. The summed E-state index contributed by atoms with van der Waals surface area (Å²) in [4.78, 5) is 4.57. The highest BCUT2D eigenvalue weighted by Gasteiger charge is 2.50. The van der Waals surface area contributed by atoms with Crippen LogP contribution in [0.5, 0.6) is 5.88 Å². The number of hydrogen-bond acceptors (Lipinski definition) is 9. The third-order valence-electron chi connectivity index (χ3n) is 5.48. The van der Waals surface area contributed by atoms with E-state index in [4.69, 9.17) is 22.8 Å². The summed E-state index contributed by atoms with van der Waals surface area (Å²) >= 11 is 0. The Bertz CT molecular complexity index is 981. The largest absolute Gasteiger partial charge is 0.477 e. The predicted octanol–water partition coefficient (Wildman–Crippen LogP) is 6.79. The van der Waals surface area contributed by atoms with Crippen molar-refractivity contribution in [2.45, 2.75) is 85.5 Å². The average Bonchev–Trinajstić information content (AvgIpc) is 3.22. The normalized spacial score (nSPS) is 12.6. The number of ether oxygens (including phenoxy) is 1. The Morgan fingerprint density at radius 2 is 1.44 bits per heavy atom. The fraction of sp³-hybridized carbons (Fsp3) is 0.750. The van der Waals surface area contributed by atoms with Crippen LogP contribution in [0, 0.1) is 6.92 Å². The van der Waals surface area contributed by atoms with Crippen molar-refractivity contribution in [1.82, 2.24) is 14.6 Å². The van der Waals surface area contributed by atoms with E-state index in [0.29, 0.717) is 24.6 Å². The van der Waals surface area contributed by atoms with Gasteiger partial charge in [0, 0.05) is 17.5 Å². The standard InChI is InChI=1S/C24H43N3O7P2/c1-7-12-13-14-17-30-23-19-22-25-20(6)18-21(27(22)26-23)15-16-24(35(28,31-8-2)32-9-3)36(29,33-10-4)34-11-5/h18-19,24H,7-17H2,1-6H3. The van der Waals surface area contributed by atoms with Crippen molar-refractivity contribution in [2.75, 3.05) is 33.0 Å². The zero-order valence-electron chi connectivity index (χ0n) is 22.6. The molecule has 0 spiro atoms. The molecule has 12 heteroatoms. The first kappa shape index (κ1) is 30.9. The van der Waals surface area contributed by atoms with Gasteiger partial charge in [0.05, 0.1) is 33.0 Å². The van der Waals surface area contributed by atoms with Crippen molar-refractivity contribution in [1.29, 1.82) is 0 Å². The number of unbranched alkanes of at least 4 members (excludes halogenated alkanes) is 3. The molecule has 0 bridgehead atoms. The zero-order chi connectivity index (χ0) is 26.6. The van der Waals surface area contributed by atoms with Crippen molar-refractivity contribution in [3.63, 3.8) is 0 Å². The lowest BCUT2D eigenvalue weighted by atomic mass is 10.2. The van der Waals surface area contributed by atoms with E-state index in [1.54, 1.807) is 32.2 Å². The molecule has 0 aliphatic rings. The van der Waals surface area contributed by atoms with Gasteiger partial charge in [0.1, 0.15) is 0 Å². The summed E-state index contributed by atoms with van der Waals surface area (Å²) in [7, 11) is -7.64. The maximum Gasteiger partial charge on any atom is 0.345 e. The van der Waals surface area contributed by atoms with Gasteiger partial charge < -0.3 is 22.8 Å². The zero-order valence-corrected chi connectivity index (χ0v) is 24.4. The Balaban J connectivity index is 2.36. The van der Waals surface area contributed by atoms with Crippen LogP contribution in [0.4, 0.5) is 0 Å². The lowest BCUT2D eigenvalue weighted by Gasteiger charge is -2.31. The summed E-state index contributed by atoms with van der Waals surface area (Å²) in [5.41, 5.74) is 2.27. The molecule has 0 N–H and O–H groups in total. The van der Waals surface area contributed by atoms with Crippen molar-refractivity contribution < 1.29 is 32.0 Å². The average molecular weight is 548 g/mol. The molecule has 0 saturated heterocycles.